The SMILES string of the molecule is C=CC(=O)Nc1cc(CO)ccc1Nc1cc(N(C)C(=O)Nc2c(Cl)c(OC)cc(OC)c2Cl)ncn1. The van der Waals surface area contributed by atoms with Gasteiger partial charge in [0.1, 0.15) is 39.5 Å². The molecule has 1 heterocycles. The summed E-state index contributed by atoms with van der Waals surface area (Å²) in [4.78, 5) is 34.4. The van der Waals surface area contributed by atoms with Crippen molar-refractivity contribution in [2.24, 2.45) is 0 Å². The molecule has 0 unspecified atom stereocenters. The zero-order chi connectivity index (χ0) is 27.1. The fourth-order valence-corrected chi connectivity index (χ4v) is 3.71. The number of urea groups is 1. The lowest BCUT2D eigenvalue weighted by molar-refractivity contribution is -0.111. The van der Waals surface area contributed by atoms with Crippen molar-refractivity contribution in [3.05, 3.63) is 64.9 Å². The molecule has 194 valence electrons. The van der Waals surface area contributed by atoms with Gasteiger partial charge in [-0.05, 0) is 23.8 Å². The summed E-state index contributed by atoms with van der Waals surface area (Å²) in [6.45, 7) is 3.24. The van der Waals surface area contributed by atoms with Gasteiger partial charge in [-0.2, -0.15) is 0 Å². The zero-order valence-electron chi connectivity index (χ0n) is 20.1. The summed E-state index contributed by atoms with van der Waals surface area (Å²) in [6.07, 6.45) is 2.39. The van der Waals surface area contributed by atoms with Crippen LogP contribution in [0.15, 0.2) is 49.3 Å². The summed E-state index contributed by atoms with van der Waals surface area (Å²) in [6, 6.07) is 7.39. The van der Waals surface area contributed by atoms with Gasteiger partial charge in [-0.15, -0.1) is 0 Å². The number of amides is 3. The van der Waals surface area contributed by atoms with Crippen LogP contribution in [0.25, 0.3) is 0 Å². The van der Waals surface area contributed by atoms with E-state index in [2.05, 4.69) is 32.5 Å². The van der Waals surface area contributed by atoms with Gasteiger partial charge < -0.3 is 30.5 Å². The largest absolute Gasteiger partial charge is 0.495 e. The van der Waals surface area contributed by atoms with Crippen LogP contribution in [0.1, 0.15) is 5.56 Å². The van der Waals surface area contributed by atoms with Gasteiger partial charge in [0.25, 0.3) is 0 Å². The van der Waals surface area contributed by atoms with E-state index in [0.717, 1.165) is 6.08 Å². The molecule has 3 rings (SSSR count). The van der Waals surface area contributed by atoms with Crippen LogP contribution >= 0.6 is 23.2 Å². The second kappa shape index (κ2) is 12.3. The van der Waals surface area contributed by atoms with Gasteiger partial charge in [0.05, 0.1) is 37.9 Å². The molecule has 0 aliphatic carbocycles. The number of nitrogens with zero attached hydrogens (tertiary/aromatic N) is 3. The third kappa shape index (κ3) is 6.39. The number of anilines is 5. The molecule has 0 aliphatic rings. The minimum Gasteiger partial charge on any atom is -0.495 e. The maximum Gasteiger partial charge on any atom is 0.327 e. The monoisotopic (exact) mass is 546 g/mol. The number of nitrogens with one attached hydrogen (secondary N) is 3. The fraction of sp³-hybridized carbons (Fsp3) is 0.167. The Labute approximate surface area is 223 Å². The first-order valence-electron chi connectivity index (χ1n) is 10.6. The Bertz CT molecular complexity index is 1310. The molecule has 3 aromatic rings. The molecule has 0 aliphatic heterocycles. The molecule has 0 radical (unpaired) electrons. The molecule has 13 heteroatoms. The van der Waals surface area contributed by atoms with E-state index in [0.29, 0.717) is 22.8 Å². The minimum atomic E-state index is -0.602. The minimum absolute atomic E-state index is 0.0977. The molecule has 0 saturated carbocycles. The van der Waals surface area contributed by atoms with Crippen molar-refractivity contribution in [1.82, 2.24) is 9.97 Å². The summed E-state index contributed by atoms with van der Waals surface area (Å²) in [5.74, 6) is 0.668. The molecular formula is C24H24Cl2N6O5. The predicted octanol–water partition coefficient (Wildman–Crippen LogP) is 4.83. The highest BCUT2D eigenvalue weighted by molar-refractivity contribution is 6.41. The van der Waals surface area contributed by atoms with Gasteiger partial charge >= 0.3 is 6.03 Å². The van der Waals surface area contributed by atoms with Crippen LogP contribution in [-0.4, -0.2) is 48.3 Å². The van der Waals surface area contributed by atoms with Crippen LogP contribution in [0.2, 0.25) is 10.0 Å². The van der Waals surface area contributed by atoms with E-state index in [-0.39, 0.29) is 39.7 Å². The summed E-state index contributed by atoms with van der Waals surface area (Å²) in [5, 5.41) is 18.0. The standard InChI is InChI=1S/C24H24Cl2N6O5/c1-5-20(34)30-15-8-13(11-33)6-7-14(15)29-18-10-19(28-12-27-18)32(2)24(35)31-23-21(25)16(36-3)9-17(37-4)22(23)26/h5-10,12,33H,1,11H2,2-4H3,(H,30,34)(H,31,35)(H,27,28,29). The third-order valence-electron chi connectivity index (χ3n) is 5.08. The van der Waals surface area contributed by atoms with Crippen molar-refractivity contribution >= 4 is 63.8 Å². The van der Waals surface area contributed by atoms with E-state index in [9.17, 15) is 14.7 Å². The van der Waals surface area contributed by atoms with Crippen molar-refractivity contribution in [2.45, 2.75) is 6.61 Å². The number of aromatic nitrogens is 2. The van der Waals surface area contributed by atoms with Crippen molar-refractivity contribution in [3.63, 3.8) is 0 Å². The van der Waals surface area contributed by atoms with Gasteiger partial charge in [0, 0.05) is 19.2 Å². The first-order valence-corrected chi connectivity index (χ1v) is 11.4. The van der Waals surface area contributed by atoms with Crippen molar-refractivity contribution in [1.29, 1.82) is 0 Å². The molecule has 37 heavy (non-hydrogen) atoms. The average Bonchev–Trinajstić information content (AvgIpc) is 2.91. The van der Waals surface area contributed by atoms with E-state index in [4.69, 9.17) is 32.7 Å². The van der Waals surface area contributed by atoms with Crippen molar-refractivity contribution in [2.75, 3.05) is 42.1 Å². The summed E-state index contributed by atoms with van der Waals surface area (Å²) in [5.41, 5.74) is 1.59. The number of halogens is 2. The Hall–Kier alpha value is -4.06. The van der Waals surface area contributed by atoms with Gasteiger partial charge in [-0.3, -0.25) is 9.69 Å². The van der Waals surface area contributed by atoms with Crippen LogP contribution in [0.3, 0.4) is 0 Å². The molecule has 11 nitrogen and oxygen atoms in total. The van der Waals surface area contributed by atoms with E-state index >= 15 is 0 Å². The molecule has 0 fully saturated rings. The van der Waals surface area contributed by atoms with Crippen LogP contribution in [0.4, 0.5) is 33.5 Å². The number of ether oxygens (including phenoxy) is 2. The smallest absolute Gasteiger partial charge is 0.327 e. The number of aliphatic hydroxyl groups excluding tert-OH is 1. The summed E-state index contributed by atoms with van der Waals surface area (Å²) < 4.78 is 10.5. The lowest BCUT2D eigenvalue weighted by Gasteiger charge is -2.20. The lowest BCUT2D eigenvalue weighted by atomic mass is 10.1. The van der Waals surface area contributed by atoms with E-state index in [1.807, 2.05) is 0 Å². The molecular weight excluding hydrogens is 523 g/mol. The Balaban J connectivity index is 1.85. The maximum atomic E-state index is 13.0. The zero-order valence-corrected chi connectivity index (χ0v) is 21.6. The van der Waals surface area contributed by atoms with Crippen LogP contribution < -0.4 is 30.3 Å². The number of hydrogen-bond donors (Lipinski definition) is 4. The molecule has 1 aromatic heterocycles. The molecule has 3 amide bonds. The first kappa shape index (κ1) is 27.5. The molecule has 0 bridgehead atoms. The van der Waals surface area contributed by atoms with Crippen LogP contribution in [0, 0.1) is 0 Å². The molecule has 0 atom stereocenters. The molecule has 0 spiro atoms. The third-order valence-corrected chi connectivity index (χ3v) is 5.83. The quantitative estimate of drug-likeness (QED) is 0.280. The highest BCUT2D eigenvalue weighted by Gasteiger charge is 2.22. The van der Waals surface area contributed by atoms with Gasteiger partial charge in [0.2, 0.25) is 5.91 Å². The Morgan fingerprint density at radius 2 is 1.73 bits per heavy atom. The average molecular weight is 547 g/mol. The van der Waals surface area contributed by atoms with E-state index in [1.165, 1.54) is 44.6 Å². The number of hydrogen-bond acceptors (Lipinski definition) is 8. The number of aliphatic hydroxyl groups is 1. The lowest BCUT2D eigenvalue weighted by Crippen LogP contribution is -2.32. The first-order chi connectivity index (χ1) is 17.7. The normalized spacial score (nSPS) is 10.3. The number of carbonyl (C=O) groups excluding carboxylic acids is 2. The van der Waals surface area contributed by atoms with Gasteiger partial charge in [-0.1, -0.05) is 35.8 Å². The predicted molar refractivity (Wildman–Crippen MR) is 143 cm³/mol. The number of benzene rings is 2. The maximum absolute atomic E-state index is 13.0. The van der Waals surface area contributed by atoms with Gasteiger partial charge in [0.15, 0.2) is 0 Å². The van der Waals surface area contributed by atoms with E-state index in [1.54, 1.807) is 18.2 Å². The van der Waals surface area contributed by atoms with E-state index < -0.39 is 11.9 Å². The highest BCUT2D eigenvalue weighted by Crippen LogP contribution is 2.44. The Morgan fingerprint density at radius 1 is 1.05 bits per heavy atom. The molecule has 0 saturated heterocycles. The van der Waals surface area contributed by atoms with Crippen LogP contribution in [-0.2, 0) is 11.4 Å². The Morgan fingerprint density at radius 3 is 2.32 bits per heavy atom. The molecule has 2 aromatic carbocycles. The summed E-state index contributed by atoms with van der Waals surface area (Å²) >= 11 is 12.7. The Kier molecular flexibility index (Phi) is 9.12. The van der Waals surface area contributed by atoms with Crippen molar-refractivity contribution in [3.8, 4) is 11.5 Å². The van der Waals surface area contributed by atoms with Crippen molar-refractivity contribution < 1.29 is 24.2 Å². The number of methoxy groups -OCH3 is 2. The topological polar surface area (TPSA) is 138 Å². The van der Waals surface area contributed by atoms with Crippen LogP contribution in [0.5, 0.6) is 11.5 Å². The number of rotatable bonds is 9. The second-order valence-electron chi connectivity index (χ2n) is 7.39. The summed E-state index contributed by atoms with van der Waals surface area (Å²) in [7, 11) is 4.34. The highest BCUT2D eigenvalue weighted by atomic mass is 35.5. The fourth-order valence-electron chi connectivity index (χ4n) is 3.11. The molecule has 4 N–H and O–H groups in total. The second-order valence-corrected chi connectivity index (χ2v) is 8.15. The van der Waals surface area contributed by atoms with Gasteiger partial charge in [-0.25, -0.2) is 14.8 Å². The number of carbonyl (C=O) groups is 2.